The van der Waals surface area contributed by atoms with Gasteiger partial charge in [0.25, 0.3) is 0 Å². The van der Waals surface area contributed by atoms with Crippen LogP contribution in [0.25, 0.3) is 0 Å². The molecule has 2 unspecified atom stereocenters. The van der Waals surface area contributed by atoms with E-state index in [1.54, 1.807) is 18.0 Å². The first-order valence-electron chi connectivity index (χ1n) is 6.94. The van der Waals surface area contributed by atoms with Crippen molar-refractivity contribution in [2.75, 3.05) is 18.9 Å². The number of rotatable bonds is 3. The largest absolute Gasteiger partial charge is 0.393 e. The van der Waals surface area contributed by atoms with Crippen molar-refractivity contribution in [1.29, 1.82) is 0 Å². The van der Waals surface area contributed by atoms with Crippen LogP contribution in [0, 0.1) is 12.8 Å². The van der Waals surface area contributed by atoms with E-state index in [0.29, 0.717) is 17.3 Å². The number of aliphatic hydroxyl groups is 1. The molecule has 2 amide bonds. The van der Waals surface area contributed by atoms with Crippen LogP contribution in [0.2, 0.25) is 5.02 Å². The fourth-order valence-electron chi connectivity index (χ4n) is 2.66. The minimum Gasteiger partial charge on any atom is -0.393 e. The summed E-state index contributed by atoms with van der Waals surface area (Å²) < 4.78 is 0. The Labute approximate surface area is 124 Å². The van der Waals surface area contributed by atoms with E-state index in [4.69, 9.17) is 11.6 Å². The van der Waals surface area contributed by atoms with Crippen LogP contribution in [0.4, 0.5) is 10.5 Å². The fraction of sp³-hybridized carbons (Fsp3) is 0.533. The van der Waals surface area contributed by atoms with Gasteiger partial charge in [-0.15, -0.1) is 0 Å². The standard InChI is InChI=1S/C15H21ClN2O2/c1-10-5-3-7-12(16)14(10)17-15(20)18(2)9-11-6-4-8-13(11)19/h3,5,7,11,13,19H,4,6,8-9H2,1-2H3,(H,17,20). The Balaban J connectivity index is 1.97. The molecule has 20 heavy (non-hydrogen) atoms. The van der Waals surface area contributed by atoms with Crippen molar-refractivity contribution in [1.82, 2.24) is 4.90 Å². The number of amides is 2. The van der Waals surface area contributed by atoms with Crippen LogP contribution in [0.5, 0.6) is 0 Å². The molecule has 2 N–H and O–H groups in total. The van der Waals surface area contributed by atoms with Gasteiger partial charge in [0.2, 0.25) is 0 Å². The van der Waals surface area contributed by atoms with Gasteiger partial charge < -0.3 is 15.3 Å². The van der Waals surface area contributed by atoms with Crippen LogP contribution in [0.15, 0.2) is 18.2 Å². The maximum Gasteiger partial charge on any atom is 0.321 e. The third kappa shape index (κ3) is 3.44. The number of benzene rings is 1. The van der Waals surface area contributed by atoms with E-state index < -0.39 is 0 Å². The summed E-state index contributed by atoms with van der Waals surface area (Å²) in [6.07, 6.45) is 2.56. The van der Waals surface area contributed by atoms with Crippen LogP contribution in [0.3, 0.4) is 0 Å². The second kappa shape index (κ2) is 6.46. The van der Waals surface area contributed by atoms with E-state index in [1.807, 2.05) is 19.1 Å². The maximum atomic E-state index is 12.2. The topological polar surface area (TPSA) is 52.6 Å². The van der Waals surface area contributed by atoms with Gasteiger partial charge in [0.15, 0.2) is 0 Å². The molecule has 0 radical (unpaired) electrons. The summed E-state index contributed by atoms with van der Waals surface area (Å²) in [5, 5.41) is 13.2. The average molecular weight is 297 g/mol. The Morgan fingerprint density at radius 2 is 2.25 bits per heavy atom. The van der Waals surface area contributed by atoms with E-state index >= 15 is 0 Å². The van der Waals surface area contributed by atoms with Gasteiger partial charge >= 0.3 is 6.03 Å². The lowest BCUT2D eigenvalue weighted by atomic mass is 10.1. The minimum atomic E-state index is -0.285. The number of nitrogens with one attached hydrogen (secondary N) is 1. The quantitative estimate of drug-likeness (QED) is 0.899. The molecule has 1 aliphatic carbocycles. The average Bonchev–Trinajstić information content (AvgIpc) is 2.79. The monoisotopic (exact) mass is 296 g/mol. The van der Waals surface area contributed by atoms with Crippen molar-refractivity contribution in [2.24, 2.45) is 5.92 Å². The number of aliphatic hydroxyl groups excluding tert-OH is 1. The van der Waals surface area contributed by atoms with E-state index in [-0.39, 0.29) is 18.1 Å². The first-order valence-corrected chi connectivity index (χ1v) is 7.32. The molecular weight excluding hydrogens is 276 g/mol. The number of urea groups is 1. The Kier molecular flexibility index (Phi) is 4.89. The van der Waals surface area contributed by atoms with Crippen molar-refractivity contribution in [2.45, 2.75) is 32.3 Å². The molecule has 2 atom stereocenters. The second-order valence-electron chi connectivity index (χ2n) is 5.50. The van der Waals surface area contributed by atoms with E-state index in [2.05, 4.69) is 5.32 Å². The highest BCUT2D eigenvalue weighted by molar-refractivity contribution is 6.33. The number of para-hydroxylation sites is 1. The van der Waals surface area contributed by atoms with Crippen LogP contribution < -0.4 is 5.32 Å². The number of hydrogen-bond donors (Lipinski definition) is 2. The molecule has 0 bridgehead atoms. The highest BCUT2D eigenvalue weighted by Crippen LogP contribution is 2.27. The highest BCUT2D eigenvalue weighted by atomic mass is 35.5. The summed E-state index contributed by atoms with van der Waals surface area (Å²) in [7, 11) is 1.74. The van der Waals surface area contributed by atoms with Gasteiger partial charge in [-0.05, 0) is 31.4 Å². The number of hydrogen-bond acceptors (Lipinski definition) is 2. The molecule has 2 rings (SSSR count). The maximum absolute atomic E-state index is 12.2. The smallest absolute Gasteiger partial charge is 0.321 e. The molecule has 5 heteroatoms. The Morgan fingerprint density at radius 1 is 1.50 bits per heavy atom. The Hall–Kier alpha value is -1.26. The molecule has 1 aliphatic rings. The van der Waals surface area contributed by atoms with E-state index in [1.165, 1.54) is 0 Å². The molecule has 1 aromatic carbocycles. The zero-order valence-corrected chi connectivity index (χ0v) is 12.7. The summed E-state index contributed by atoms with van der Waals surface area (Å²) in [6.45, 7) is 2.47. The second-order valence-corrected chi connectivity index (χ2v) is 5.91. The predicted octanol–water partition coefficient (Wildman–Crippen LogP) is 3.27. The van der Waals surface area contributed by atoms with Gasteiger partial charge in [-0.1, -0.05) is 30.2 Å². The number of carbonyl (C=O) groups excluding carboxylic acids is 1. The fourth-order valence-corrected chi connectivity index (χ4v) is 2.93. The summed E-state index contributed by atoms with van der Waals surface area (Å²) in [6, 6.07) is 5.32. The lowest BCUT2D eigenvalue weighted by Gasteiger charge is -2.24. The van der Waals surface area contributed by atoms with Gasteiger partial charge in [-0.3, -0.25) is 0 Å². The van der Waals surface area contributed by atoms with Crippen molar-refractivity contribution in [3.05, 3.63) is 28.8 Å². The first-order chi connectivity index (χ1) is 9.49. The summed E-state index contributed by atoms with van der Waals surface area (Å²) in [5.41, 5.74) is 1.58. The Bertz CT molecular complexity index is 473. The predicted molar refractivity (Wildman–Crippen MR) is 81.2 cm³/mol. The number of carbonyl (C=O) groups is 1. The zero-order chi connectivity index (χ0) is 14.7. The number of aryl methyl sites for hydroxylation is 1. The van der Waals surface area contributed by atoms with Crippen LogP contribution >= 0.6 is 11.6 Å². The van der Waals surface area contributed by atoms with Crippen molar-refractivity contribution < 1.29 is 9.90 Å². The molecule has 110 valence electrons. The molecule has 1 aromatic rings. The molecule has 0 aliphatic heterocycles. The summed E-state index contributed by atoms with van der Waals surface area (Å²) >= 11 is 6.10. The van der Waals surface area contributed by atoms with Gasteiger partial charge in [0.1, 0.15) is 0 Å². The number of halogens is 1. The van der Waals surface area contributed by atoms with Crippen molar-refractivity contribution in [3.8, 4) is 0 Å². The van der Waals surface area contributed by atoms with Gasteiger partial charge in [0, 0.05) is 19.5 Å². The first kappa shape index (κ1) is 15.1. The molecule has 0 heterocycles. The molecule has 1 saturated carbocycles. The van der Waals surface area contributed by atoms with E-state index in [0.717, 1.165) is 24.8 Å². The minimum absolute atomic E-state index is 0.179. The molecule has 0 aromatic heterocycles. The highest BCUT2D eigenvalue weighted by Gasteiger charge is 2.27. The molecule has 4 nitrogen and oxygen atoms in total. The lowest BCUT2D eigenvalue weighted by Crippen LogP contribution is -2.37. The van der Waals surface area contributed by atoms with Crippen molar-refractivity contribution in [3.63, 3.8) is 0 Å². The Morgan fingerprint density at radius 3 is 2.85 bits per heavy atom. The normalized spacial score (nSPS) is 21.8. The molecule has 1 fully saturated rings. The van der Waals surface area contributed by atoms with Crippen LogP contribution in [0.1, 0.15) is 24.8 Å². The number of anilines is 1. The summed E-state index contributed by atoms with van der Waals surface area (Å²) in [5.74, 6) is 0.179. The lowest BCUT2D eigenvalue weighted by molar-refractivity contribution is 0.116. The molecule has 0 spiro atoms. The van der Waals surface area contributed by atoms with Crippen LogP contribution in [-0.4, -0.2) is 35.7 Å². The van der Waals surface area contributed by atoms with Gasteiger partial charge in [-0.2, -0.15) is 0 Å². The molecular formula is C15H21ClN2O2. The van der Waals surface area contributed by atoms with Gasteiger partial charge in [-0.25, -0.2) is 4.79 Å². The zero-order valence-electron chi connectivity index (χ0n) is 11.9. The number of nitrogens with zero attached hydrogens (tertiary/aromatic N) is 1. The SMILES string of the molecule is Cc1cccc(Cl)c1NC(=O)N(C)CC1CCCC1O. The third-order valence-corrected chi connectivity index (χ3v) is 4.24. The van der Waals surface area contributed by atoms with Crippen molar-refractivity contribution >= 4 is 23.3 Å². The van der Waals surface area contributed by atoms with Gasteiger partial charge in [0.05, 0.1) is 16.8 Å². The third-order valence-electron chi connectivity index (χ3n) is 3.93. The van der Waals surface area contributed by atoms with Crippen LogP contribution in [-0.2, 0) is 0 Å². The van der Waals surface area contributed by atoms with E-state index in [9.17, 15) is 9.90 Å². The molecule has 0 saturated heterocycles. The summed E-state index contributed by atoms with van der Waals surface area (Å²) in [4.78, 5) is 13.8.